The van der Waals surface area contributed by atoms with E-state index in [0.29, 0.717) is 32.6 Å². The molecule has 0 radical (unpaired) electrons. The minimum Gasteiger partial charge on any atom is -0.465 e. The minimum atomic E-state index is -0.870. The molecule has 6 heteroatoms. The van der Waals surface area contributed by atoms with Gasteiger partial charge in [0.1, 0.15) is 11.0 Å². The molecule has 1 heterocycles. The summed E-state index contributed by atoms with van der Waals surface area (Å²) in [5.74, 6) is -0.304. The van der Waals surface area contributed by atoms with Gasteiger partial charge in [0.2, 0.25) is 0 Å². The van der Waals surface area contributed by atoms with Gasteiger partial charge >= 0.3 is 12.1 Å². The van der Waals surface area contributed by atoms with Crippen LogP contribution in [0.15, 0.2) is 43.0 Å². The predicted molar refractivity (Wildman–Crippen MR) is 111 cm³/mol. The van der Waals surface area contributed by atoms with E-state index in [4.69, 9.17) is 14.2 Å². The standard InChI is InChI=1S/C23H33NO5/c1-6-13-23(20(25)27-7-2)14-15-24(21(26)29-22(3,4)5)16-19(23)28-17-18-11-9-8-10-12-18/h6,8-12,19H,1,7,13-17H2,2-5H3. The van der Waals surface area contributed by atoms with Gasteiger partial charge in [0.25, 0.3) is 0 Å². The third kappa shape index (κ3) is 6.07. The summed E-state index contributed by atoms with van der Waals surface area (Å²) in [7, 11) is 0. The summed E-state index contributed by atoms with van der Waals surface area (Å²) in [5.41, 5.74) is -0.461. The second-order valence-corrected chi connectivity index (χ2v) is 8.33. The van der Waals surface area contributed by atoms with E-state index in [2.05, 4.69) is 6.58 Å². The molecule has 29 heavy (non-hydrogen) atoms. The van der Waals surface area contributed by atoms with Crippen LogP contribution >= 0.6 is 0 Å². The molecule has 1 amide bonds. The maximum absolute atomic E-state index is 13.0. The zero-order chi connectivity index (χ0) is 21.5. The van der Waals surface area contributed by atoms with Gasteiger partial charge in [-0.05, 0) is 46.1 Å². The number of piperidine rings is 1. The van der Waals surface area contributed by atoms with E-state index in [-0.39, 0.29) is 12.5 Å². The molecular formula is C23H33NO5. The first kappa shape index (κ1) is 22.9. The molecule has 0 aliphatic carbocycles. The molecule has 0 bridgehead atoms. The van der Waals surface area contributed by atoms with Gasteiger partial charge in [-0.15, -0.1) is 6.58 Å². The molecule has 0 spiro atoms. The fourth-order valence-corrected chi connectivity index (χ4v) is 3.52. The van der Waals surface area contributed by atoms with Crippen LogP contribution in [-0.4, -0.2) is 48.4 Å². The molecule has 1 aliphatic rings. The van der Waals surface area contributed by atoms with Crippen LogP contribution in [0.1, 0.15) is 46.1 Å². The smallest absolute Gasteiger partial charge is 0.410 e. The molecule has 1 aromatic carbocycles. The number of benzene rings is 1. The minimum absolute atomic E-state index is 0.258. The molecule has 160 valence electrons. The molecule has 1 aliphatic heterocycles. The Morgan fingerprint density at radius 1 is 1.28 bits per heavy atom. The molecule has 0 saturated carbocycles. The summed E-state index contributed by atoms with van der Waals surface area (Å²) in [6.07, 6.45) is 1.64. The van der Waals surface area contributed by atoms with Gasteiger partial charge in [0.05, 0.1) is 25.9 Å². The lowest BCUT2D eigenvalue weighted by atomic mass is 9.73. The van der Waals surface area contributed by atoms with Crippen molar-refractivity contribution in [2.45, 2.75) is 58.8 Å². The highest BCUT2D eigenvalue weighted by Gasteiger charge is 2.51. The Kier molecular flexibility index (Phi) is 7.85. The number of likely N-dealkylation sites (tertiary alicyclic amines) is 1. The fourth-order valence-electron chi connectivity index (χ4n) is 3.52. The molecule has 1 saturated heterocycles. The molecular weight excluding hydrogens is 370 g/mol. The van der Waals surface area contributed by atoms with Gasteiger partial charge in [-0.3, -0.25) is 4.79 Å². The maximum atomic E-state index is 13.0. The largest absolute Gasteiger partial charge is 0.465 e. The third-order valence-electron chi connectivity index (χ3n) is 4.97. The van der Waals surface area contributed by atoms with Gasteiger partial charge in [0, 0.05) is 6.54 Å². The summed E-state index contributed by atoms with van der Waals surface area (Å²) in [5, 5.41) is 0. The lowest BCUT2D eigenvalue weighted by Crippen LogP contribution is -2.57. The van der Waals surface area contributed by atoms with Crippen LogP contribution < -0.4 is 0 Å². The van der Waals surface area contributed by atoms with E-state index >= 15 is 0 Å². The van der Waals surface area contributed by atoms with Crippen molar-refractivity contribution >= 4 is 12.1 Å². The summed E-state index contributed by atoms with van der Waals surface area (Å²) < 4.78 is 17.1. The molecule has 2 rings (SSSR count). The third-order valence-corrected chi connectivity index (χ3v) is 4.97. The number of nitrogens with zero attached hydrogens (tertiary/aromatic N) is 1. The molecule has 2 atom stereocenters. The molecule has 2 unspecified atom stereocenters. The van der Waals surface area contributed by atoms with E-state index < -0.39 is 23.2 Å². The summed E-state index contributed by atoms with van der Waals surface area (Å²) >= 11 is 0. The first-order valence-corrected chi connectivity index (χ1v) is 10.1. The number of carbonyl (C=O) groups is 2. The van der Waals surface area contributed by atoms with Crippen molar-refractivity contribution < 1.29 is 23.8 Å². The summed E-state index contributed by atoms with van der Waals surface area (Å²) in [4.78, 5) is 27.2. The Hall–Kier alpha value is -2.34. The van der Waals surface area contributed by atoms with Gasteiger partial charge in [0.15, 0.2) is 0 Å². The first-order chi connectivity index (χ1) is 13.7. The predicted octanol–water partition coefficient (Wildman–Crippen LogP) is 4.34. The van der Waals surface area contributed by atoms with E-state index in [9.17, 15) is 9.59 Å². The number of carbonyl (C=O) groups excluding carboxylic acids is 2. The Balaban J connectivity index is 2.25. The number of rotatable bonds is 7. The van der Waals surface area contributed by atoms with Crippen molar-refractivity contribution in [1.29, 1.82) is 0 Å². The second kappa shape index (κ2) is 9.92. The topological polar surface area (TPSA) is 65.1 Å². The Labute approximate surface area is 173 Å². The van der Waals surface area contributed by atoms with Gasteiger partial charge < -0.3 is 19.1 Å². The number of ether oxygens (including phenoxy) is 3. The number of hydrogen-bond acceptors (Lipinski definition) is 5. The molecule has 6 nitrogen and oxygen atoms in total. The molecule has 0 N–H and O–H groups in total. The summed E-state index contributed by atoms with van der Waals surface area (Å²) in [6.45, 7) is 12.4. The SMILES string of the molecule is C=CCC1(C(=O)OCC)CCN(C(=O)OC(C)(C)C)CC1OCc1ccccc1. The molecule has 1 fully saturated rings. The molecule has 1 aromatic rings. The van der Waals surface area contributed by atoms with E-state index in [1.165, 1.54) is 0 Å². The van der Waals surface area contributed by atoms with Crippen molar-refractivity contribution in [3.8, 4) is 0 Å². The van der Waals surface area contributed by atoms with E-state index in [1.54, 1.807) is 17.9 Å². The highest BCUT2D eigenvalue weighted by Crippen LogP contribution is 2.40. The van der Waals surface area contributed by atoms with Crippen LogP contribution in [0.5, 0.6) is 0 Å². The van der Waals surface area contributed by atoms with Crippen molar-refractivity contribution in [1.82, 2.24) is 4.90 Å². The second-order valence-electron chi connectivity index (χ2n) is 8.33. The average Bonchev–Trinajstić information content (AvgIpc) is 2.67. The van der Waals surface area contributed by atoms with Crippen molar-refractivity contribution in [3.63, 3.8) is 0 Å². The van der Waals surface area contributed by atoms with Crippen LogP contribution in [0.2, 0.25) is 0 Å². The average molecular weight is 404 g/mol. The van der Waals surface area contributed by atoms with Gasteiger partial charge in [-0.2, -0.15) is 0 Å². The van der Waals surface area contributed by atoms with Crippen molar-refractivity contribution in [2.24, 2.45) is 5.41 Å². The van der Waals surface area contributed by atoms with Crippen LogP contribution in [0.25, 0.3) is 0 Å². The highest BCUT2D eigenvalue weighted by molar-refractivity contribution is 5.79. The van der Waals surface area contributed by atoms with Crippen LogP contribution in [0.3, 0.4) is 0 Å². The zero-order valence-electron chi connectivity index (χ0n) is 18.0. The molecule has 0 aromatic heterocycles. The lowest BCUT2D eigenvalue weighted by molar-refractivity contribution is -0.175. The Morgan fingerprint density at radius 3 is 2.55 bits per heavy atom. The lowest BCUT2D eigenvalue weighted by Gasteiger charge is -2.45. The number of esters is 1. The fraction of sp³-hybridized carbons (Fsp3) is 0.565. The van der Waals surface area contributed by atoms with Crippen LogP contribution in [0.4, 0.5) is 4.79 Å². The van der Waals surface area contributed by atoms with Crippen molar-refractivity contribution in [2.75, 3.05) is 19.7 Å². The van der Waals surface area contributed by atoms with E-state index in [0.717, 1.165) is 5.56 Å². The maximum Gasteiger partial charge on any atom is 0.410 e. The van der Waals surface area contributed by atoms with Crippen LogP contribution in [0, 0.1) is 5.41 Å². The first-order valence-electron chi connectivity index (χ1n) is 10.1. The number of amides is 1. The number of hydrogen-bond donors (Lipinski definition) is 0. The number of allylic oxidation sites excluding steroid dienone is 1. The Bertz CT molecular complexity index is 697. The Morgan fingerprint density at radius 2 is 1.97 bits per heavy atom. The quantitative estimate of drug-likeness (QED) is 0.501. The van der Waals surface area contributed by atoms with Gasteiger partial charge in [-0.25, -0.2) is 4.79 Å². The van der Waals surface area contributed by atoms with Crippen molar-refractivity contribution in [3.05, 3.63) is 48.6 Å². The monoisotopic (exact) mass is 403 g/mol. The normalized spacial score (nSPS) is 22.1. The summed E-state index contributed by atoms with van der Waals surface area (Å²) in [6, 6.07) is 9.75. The van der Waals surface area contributed by atoms with Gasteiger partial charge in [-0.1, -0.05) is 36.4 Å². The zero-order valence-corrected chi connectivity index (χ0v) is 18.0. The van der Waals surface area contributed by atoms with Crippen LogP contribution in [-0.2, 0) is 25.6 Å². The highest BCUT2D eigenvalue weighted by atomic mass is 16.6. The van der Waals surface area contributed by atoms with E-state index in [1.807, 2.05) is 51.1 Å².